The first-order chi connectivity index (χ1) is 9.81. The fraction of sp³-hybridized carbons (Fsp3) is 0.250. The van der Waals surface area contributed by atoms with Gasteiger partial charge in [0.15, 0.2) is 0 Å². The Labute approximate surface area is 133 Å². The van der Waals surface area contributed by atoms with Gasteiger partial charge in [-0.1, -0.05) is 6.07 Å². The molecule has 0 spiro atoms. The highest BCUT2D eigenvalue weighted by Gasteiger charge is 2.27. The van der Waals surface area contributed by atoms with Crippen LogP contribution in [0.15, 0.2) is 46.4 Å². The predicted molar refractivity (Wildman–Crippen MR) is 87.5 cm³/mol. The SMILES string of the molecule is CN1Cc2occc2C(Oc2cccc3sccc23)C1.Cl. The molecular weight excluding hydrogens is 306 g/mol. The molecule has 0 saturated heterocycles. The van der Waals surface area contributed by atoms with Gasteiger partial charge in [0.25, 0.3) is 0 Å². The number of nitrogens with zero attached hydrogens (tertiary/aromatic N) is 1. The average Bonchev–Trinajstić information content (AvgIpc) is 3.06. The van der Waals surface area contributed by atoms with Gasteiger partial charge >= 0.3 is 0 Å². The van der Waals surface area contributed by atoms with Gasteiger partial charge in [0.05, 0.1) is 12.8 Å². The number of furan rings is 1. The number of thiophene rings is 1. The third-order valence-electron chi connectivity index (χ3n) is 3.74. The molecule has 0 radical (unpaired) electrons. The minimum atomic E-state index is 0. The van der Waals surface area contributed by atoms with Gasteiger partial charge in [-0.2, -0.15) is 0 Å². The summed E-state index contributed by atoms with van der Waals surface area (Å²) in [5.74, 6) is 1.97. The fourth-order valence-electron chi connectivity index (χ4n) is 2.78. The molecule has 4 rings (SSSR count). The smallest absolute Gasteiger partial charge is 0.140 e. The van der Waals surface area contributed by atoms with Crippen molar-refractivity contribution in [1.29, 1.82) is 0 Å². The van der Waals surface area contributed by atoms with Gasteiger partial charge < -0.3 is 9.15 Å². The second-order valence-electron chi connectivity index (χ2n) is 5.19. The van der Waals surface area contributed by atoms with Gasteiger partial charge in [0, 0.05) is 22.2 Å². The third-order valence-corrected chi connectivity index (χ3v) is 4.62. The summed E-state index contributed by atoms with van der Waals surface area (Å²) in [6, 6.07) is 10.4. The van der Waals surface area contributed by atoms with E-state index in [2.05, 4.69) is 35.5 Å². The van der Waals surface area contributed by atoms with Crippen LogP contribution in [-0.4, -0.2) is 18.5 Å². The molecule has 5 heteroatoms. The summed E-state index contributed by atoms with van der Waals surface area (Å²) in [7, 11) is 2.09. The normalized spacial score (nSPS) is 18.2. The highest BCUT2D eigenvalue weighted by molar-refractivity contribution is 7.17. The van der Waals surface area contributed by atoms with Crippen LogP contribution in [0.2, 0.25) is 0 Å². The van der Waals surface area contributed by atoms with Gasteiger partial charge in [-0.15, -0.1) is 23.7 Å². The van der Waals surface area contributed by atoms with E-state index in [4.69, 9.17) is 9.15 Å². The van der Waals surface area contributed by atoms with Crippen LogP contribution in [0.5, 0.6) is 5.75 Å². The highest BCUT2D eigenvalue weighted by atomic mass is 35.5. The van der Waals surface area contributed by atoms with Gasteiger partial charge in [-0.25, -0.2) is 0 Å². The summed E-state index contributed by atoms with van der Waals surface area (Å²) in [6.45, 7) is 1.73. The Kier molecular flexibility index (Phi) is 3.93. The van der Waals surface area contributed by atoms with Crippen LogP contribution < -0.4 is 4.74 Å². The van der Waals surface area contributed by atoms with Crippen molar-refractivity contribution in [2.24, 2.45) is 0 Å². The van der Waals surface area contributed by atoms with E-state index >= 15 is 0 Å². The molecule has 3 nitrogen and oxygen atoms in total. The van der Waals surface area contributed by atoms with Gasteiger partial charge in [0.2, 0.25) is 0 Å². The fourth-order valence-corrected chi connectivity index (χ4v) is 3.58. The second-order valence-corrected chi connectivity index (χ2v) is 6.14. The monoisotopic (exact) mass is 321 g/mol. The molecule has 3 aromatic rings. The molecule has 0 bridgehead atoms. The van der Waals surface area contributed by atoms with Crippen molar-refractivity contribution in [3.05, 3.63) is 53.3 Å². The Morgan fingerprint density at radius 2 is 2.19 bits per heavy atom. The van der Waals surface area contributed by atoms with E-state index in [0.29, 0.717) is 0 Å². The van der Waals surface area contributed by atoms with Crippen molar-refractivity contribution < 1.29 is 9.15 Å². The molecule has 0 amide bonds. The van der Waals surface area contributed by atoms with Crippen LogP contribution in [-0.2, 0) is 6.54 Å². The van der Waals surface area contributed by atoms with Crippen LogP contribution in [0.3, 0.4) is 0 Å². The molecule has 0 fully saturated rings. The van der Waals surface area contributed by atoms with Crippen molar-refractivity contribution in [3.8, 4) is 5.75 Å². The number of rotatable bonds is 2. The summed E-state index contributed by atoms with van der Waals surface area (Å²) in [6.07, 6.45) is 1.79. The molecule has 1 atom stereocenters. The first-order valence-electron chi connectivity index (χ1n) is 6.69. The van der Waals surface area contributed by atoms with Gasteiger partial charge in [-0.05, 0) is 36.7 Å². The first-order valence-corrected chi connectivity index (χ1v) is 7.57. The maximum atomic E-state index is 6.29. The van der Waals surface area contributed by atoms with Gasteiger partial charge in [-0.3, -0.25) is 4.90 Å². The number of hydrogen-bond donors (Lipinski definition) is 0. The van der Waals surface area contributed by atoms with Crippen molar-refractivity contribution in [3.63, 3.8) is 0 Å². The highest BCUT2D eigenvalue weighted by Crippen LogP contribution is 2.35. The zero-order valence-electron chi connectivity index (χ0n) is 11.6. The number of likely N-dealkylation sites (N-methyl/N-ethyl adjacent to an activating group) is 1. The minimum Gasteiger partial charge on any atom is -0.484 e. The van der Waals surface area contributed by atoms with Crippen molar-refractivity contribution >= 4 is 33.8 Å². The number of halogens is 1. The Bertz CT molecular complexity index is 751. The lowest BCUT2D eigenvalue weighted by Gasteiger charge is -2.29. The molecule has 1 unspecified atom stereocenters. The van der Waals surface area contributed by atoms with Crippen molar-refractivity contribution in [2.45, 2.75) is 12.6 Å². The predicted octanol–water partition coefficient (Wildman–Crippen LogP) is 4.48. The maximum Gasteiger partial charge on any atom is 0.140 e. The van der Waals surface area contributed by atoms with E-state index in [9.17, 15) is 0 Å². The quantitative estimate of drug-likeness (QED) is 0.696. The molecule has 2 aromatic heterocycles. The molecule has 110 valence electrons. The van der Waals surface area contributed by atoms with E-state index in [0.717, 1.165) is 24.6 Å². The molecular formula is C16H16ClNO2S. The largest absolute Gasteiger partial charge is 0.484 e. The summed E-state index contributed by atoms with van der Waals surface area (Å²) >= 11 is 1.74. The Hall–Kier alpha value is -1.49. The molecule has 1 aromatic carbocycles. The van der Waals surface area contributed by atoms with E-state index in [1.807, 2.05) is 12.1 Å². The van der Waals surface area contributed by atoms with Crippen LogP contribution in [0.4, 0.5) is 0 Å². The molecule has 0 saturated carbocycles. The lowest BCUT2D eigenvalue weighted by atomic mass is 10.1. The number of hydrogen-bond acceptors (Lipinski definition) is 4. The van der Waals surface area contributed by atoms with Crippen LogP contribution in [0.1, 0.15) is 17.4 Å². The van der Waals surface area contributed by atoms with E-state index in [1.165, 1.54) is 15.6 Å². The first kappa shape index (κ1) is 14.4. The number of ether oxygens (including phenoxy) is 1. The standard InChI is InChI=1S/C16H15NO2S.ClH/c1-17-9-14-11(5-7-18-14)15(10-17)19-13-3-2-4-16-12(13)6-8-20-16;/h2-8,15H,9-10H2,1H3;1H. The Morgan fingerprint density at radius 3 is 3.10 bits per heavy atom. The Balaban J connectivity index is 0.00000132. The molecule has 0 aliphatic carbocycles. The second kappa shape index (κ2) is 5.72. The maximum absolute atomic E-state index is 6.29. The zero-order chi connectivity index (χ0) is 13.5. The molecule has 1 aliphatic heterocycles. The lowest BCUT2D eigenvalue weighted by Crippen LogP contribution is -2.32. The van der Waals surface area contributed by atoms with Crippen LogP contribution in [0, 0.1) is 0 Å². The summed E-state index contributed by atoms with van der Waals surface area (Å²) in [4.78, 5) is 2.23. The topological polar surface area (TPSA) is 25.6 Å². The number of benzene rings is 1. The van der Waals surface area contributed by atoms with E-state index in [1.54, 1.807) is 17.6 Å². The summed E-state index contributed by atoms with van der Waals surface area (Å²) in [5, 5.41) is 3.30. The molecule has 3 heterocycles. The van der Waals surface area contributed by atoms with E-state index in [-0.39, 0.29) is 18.5 Å². The average molecular weight is 322 g/mol. The van der Waals surface area contributed by atoms with E-state index < -0.39 is 0 Å². The zero-order valence-corrected chi connectivity index (χ0v) is 13.2. The molecule has 21 heavy (non-hydrogen) atoms. The molecule has 1 aliphatic rings. The van der Waals surface area contributed by atoms with Crippen LogP contribution >= 0.6 is 23.7 Å². The summed E-state index contributed by atoms with van der Waals surface area (Å²) in [5.41, 5.74) is 1.18. The van der Waals surface area contributed by atoms with Crippen LogP contribution in [0.25, 0.3) is 10.1 Å². The van der Waals surface area contributed by atoms with Crippen molar-refractivity contribution in [1.82, 2.24) is 4.90 Å². The minimum absolute atomic E-state index is 0. The Morgan fingerprint density at radius 1 is 1.29 bits per heavy atom. The van der Waals surface area contributed by atoms with Gasteiger partial charge in [0.1, 0.15) is 17.6 Å². The summed E-state index contributed by atoms with van der Waals surface area (Å²) < 4.78 is 13.1. The molecule has 0 N–H and O–H groups in total. The third kappa shape index (κ3) is 2.55. The lowest BCUT2D eigenvalue weighted by molar-refractivity contribution is 0.121. The number of fused-ring (bicyclic) bond motifs is 2. The van der Waals surface area contributed by atoms with Crippen molar-refractivity contribution in [2.75, 3.05) is 13.6 Å².